The molecule has 0 fully saturated rings. The van der Waals surface area contributed by atoms with E-state index >= 15 is 0 Å². The maximum atomic E-state index is 12.8. The number of ether oxygens (including phenoxy) is 1. The van der Waals surface area contributed by atoms with E-state index in [4.69, 9.17) is 4.74 Å². The fourth-order valence-electron chi connectivity index (χ4n) is 2.01. The first-order valence-corrected chi connectivity index (χ1v) is 8.85. The Bertz CT molecular complexity index is 743. The Labute approximate surface area is 136 Å². The van der Waals surface area contributed by atoms with E-state index < -0.39 is 15.8 Å². The maximum absolute atomic E-state index is 12.8. The summed E-state index contributed by atoms with van der Waals surface area (Å²) in [6, 6.07) is 12.4. The number of hydrogen-bond acceptors (Lipinski definition) is 3. The lowest BCUT2D eigenvalue weighted by Crippen LogP contribution is -2.28. The van der Waals surface area contributed by atoms with Gasteiger partial charge in [-0.15, -0.1) is 0 Å². The molecule has 0 saturated carbocycles. The van der Waals surface area contributed by atoms with Crippen molar-refractivity contribution in [3.05, 3.63) is 59.9 Å². The quantitative estimate of drug-likeness (QED) is 0.789. The fourth-order valence-corrected chi connectivity index (χ4v) is 3.02. The molecule has 0 saturated heterocycles. The lowest BCUT2D eigenvalue weighted by atomic mass is 10.0. The van der Waals surface area contributed by atoms with E-state index in [9.17, 15) is 12.8 Å². The van der Waals surface area contributed by atoms with Crippen molar-refractivity contribution in [2.24, 2.45) is 0 Å². The number of halogens is 1. The minimum Gasteiger partial charge on any atom is -0.492 e. The molecule has 0 spiro atoms. The van der Waals surface area contributed by atoms with Crippen molar-refractivity contribution in [1.82, 2.24) is 4.72 Å². The zero-order valence-electron chi connectivity index (χ0n) is 13.1. The molecule has 0 radical (unpaired) electrons. The molecule has 0 aromatic heterocycles. The molecule has 124 valence electrons. The molecule has 0 aliphatic heterocycles. The van der Waals surface area contributed by atoms with Gasteiger partial charge in [0.1, 0.15) is 18.2 Å². The molecule has 23 heavy (non-hydrogen) atoms. The predicted octanol–water partition coefficient (Wildman–Crippen LogP) is 3.31. The van der Waals surface area contributed by atoms with Gasteiger partial charge in [-0.05, 0) is 47.9 Å². The van der Waals surface area contributed by atoms with Crippen LogP contribution in [0.5, 0.6) is 5.75 Å². The van der Waals surface area contributed by atoms with E-state index in [2.05, 4.69) is 18.6 Å². The van der Waals surface area contributed by atoms with Gasteiger partial charge in [-0.25, -0.2) is 17.5 Å². The summed E-state index contributed by atoms with van der Waals surface area (Å²) >= 11 is 0. The van der Waals surface area contributed by atoms with Crippen molar-refractivity contribution in [2.75, 3.05) is 13.2 Å². The Kier molecular flexibility index (Phi) is 5.74. The molecule has 0 heterocycles. The second kappa shape index (κ2) is 7.57. The van der Waals surface area contributed by atoms with Crippen molar-refractivity contribution in [3.63, 3.8) is 0 Å². The molecule has 4 nitrogen and oxygen atoms in total. The van der Waals surface area contributed by atoms with Gasteiger partial charge < -0.3 is 4.74 Å². The smallest absolute Gasteiger partial charge is 0.240 e. The lowest BCUT2D eigenvalue weighted by molar-refractivity contribution is 0.322. The third-order valence-corrected chi connectivity index (χ3v) is 4.79. The monoisotopic (exact) mass is 337 g/mol. The Morgan fingerprint density at radius 2 is 1.83 bits per heavy atom. The van der Waals surface area contributed by atoms with Gasteiger partial charge in [-0.3, -0.25) is 0 Å². The van der Waals surface area contributed by atoms with Gasteiger partial charge in [0.15, 0.2) is 0 Å². The van der Waals surface area contributed by atoms with Crippen molar-refractivity contribution >= 4 is 10.0 Å². The summed E-state index contributed by atoms with van der Waals surface area (Å²) in [6.45, 7) is 4.53. The highest BCUT2D eigenvalue weighted by Gasteiger charge is 2.13. The maximum Gasteiger partial charge on any atom is 0.240 e. The molecule has 6 heteroatoms. The largest absolute Gasteiger partial charge is 0.492 e. The first-order valence-electron chi connectivity index (χ1n) is 7.36. The third kappa shape index (κ3) is 5.04. The zero-order chi connectivity index (χ0) is 16.9. The summed E-state index contributed by atoms with van der Waals surface area (Å²) in [4.78, 5) is 0.0284. The van der Waals surface area contributed by atoms with Crippen LogP contribution in [0.2, 0.25) is 0 Å². The molecule has 2 rings (SSSR count). The van der Waals surface area contributed by atoms with Gasteiger partial charge in [-0.2, -0.15) is 0 Å². The first-order chi connectivity index (χ1) is 10.9. The highest BCUT2D eigenvalue weighted by molar-refractivity contribution is 7.89. The van der Waals surface area contributed by atoms with Crippen LogP contribution in [0.15, 0.2) is 53.4 Å². The van der Waals surface area contributed by atoms with Crippen LogP contribution in [0.3, 0.4) is 0 Å². The molecule has 2 aromatic rings. The molecule has 0 aliphatic rings. The topological polar surface area (TPSA) is 55.4 Å². The lowest BCUT2D eigenvalue weighted by Gasteiger charge is -2.11. The summed E-state index contributed by atoms with van der Waals surface area (Å²) in [5.74, 6) is 0.630. The fraction of sp³-hybridized carbons (Fsp3) is 0.294. The van der Waals surface area contributed by atoms with Gasteiger partial charge in [0, 0.05) is 6.54 Å². The molecule has 0 atom stereocenters. The van der Waals surface area contributed by atoms with Crippen LogP contribution < -0.4 is 9.46 Å². The highest BCUT2D eigenvalue weighted by atomic mass is 32.2. The highest BCUT2D eigenvalue weighted by Crippen LogP contribution is 2.20. The van der Waals surface area contributed by atoms with Crippen LogP contribution in [0.4, 0.5) is 4.39 Å². The summed E-state index contributed by atoms with van der Waals surface area (Å²) in [5.41, 5.74) is 1.16. The van der Waals surface area contributed by atoms with E-state index in [0.717, 1.165) is 17.7 Å². The van der Waals surface area contributed by atoms with Gasteiger partial charge in [0.05, 0.1) is 4.90 Å². The van der Waals surface area contributed by atoms with Crippen LogP contribution in [0, 0.1) is 5.82 Å². The molecule has 0 unspecified atom stereocenters. The number of hydrogen-bond donors (Lipinski definition) is 1. The van der Waals surface area contributed by atoms with E-state index in [0.29, 0.717) is 11.7 Å². The SMILES string of the molecule is CC(C)c1cccc(OCCNS(=O)(=O)c2ccc(F)cc2)c1. The molecule has 2 aromatic carbocycles. The average Bonchev–Trinajstić information content (AvgIpc) is 2.52. The van der Waals surface area contributed by atoms with E-state index in [1.54, 1.807) is 0 Å². The summed E-state index contributed by atoms with van der Waals surface area (Å²) in [7, 11) is -3.65. The molecule has 1 N–H and O–H groups in total. The Morgan fingerprint density at radius 1 is 1.13 bits per heavy atom. The second-order valence-electron chi connectivity index (χ2n) is 5.43. The van der Waals surface area contributed by atoms with E-state index in [1.165, 1.54) is 12.1 Å². The van der Waals surface area contributed by atoms with Gasteiger partial charge in [-0.1, -0.05) is 26.0 Å². The Balaban J connectivity index is 1.87. The van der Waals surface area contributed by atoms with Crippen molar-refractivity contribution in [1.29, 1.82) is 0 Å². The van der Waals surface area contributed by atoms with Crippen molar-refractivity contribution in [2.45, 2.75) is 24.7 Å². The van der Waals surface area contributed by atoms with Crippen LogP contribution >= 0.6 is 0 Å². The van der Waals surface area contributed by atoms with Gasteiger partial charge in [0.25, 0.3) is 0 Å². The standard InChI is InChI=1S/C17H20FNO3S/c1-13(2)14-4-3-5-16(12-14)22-11-10-19-23(20,21)17-8-6-15(18)7-9-17/h3-9,12-13,19H,10-11H2,1-2H3. The average molecular weight is 337 g/mol. The molecule has 0 bridgehead atoms. The molecule has 0 aliphatic carbocycles. The minimum atomic E-state index is -3.65. The number of nitrogens with one attached hydrogen (secondary N) is 1. The normalized spacial score (nSPS) is 11.7. The third-order valence-electron chi connectivity index (χ3n) is 3.31. The van der Waals surface area contributed by atoms with Crippen molar-refractivity contribution < 1.29 is 17.5 Å². The minimum absolute atomic E-state index is 0.0284. The van der Waals surface area contributed by atoms with Crippen LogP contribution in [0.1, 0.15) is 25.3 Å². The van der Waals surface area contributed by atoms with Gasteiger partial charge in [0.2, 0.25) is 10.0 Å². The summed E-state index contributed by atoms with van der Waals surface area (Å²) < 4.78 is 44.8. The molecular weight excluding hydrogens is 317 g/mol. The van der Waals surface area contributed by atoms with Gasteiger partial charge >= 0.3 is 0 Å². The van der Waals surface area contributed by atoms with E-state index in [1.807, 2.05) is 24.3 Å². The number of sulfonamides is 1. The van der Waals surface area contributed by atoms with Crippen LogP contribution in [0.25, 0.3) is 0 Å². The summed E-state index contributed by atoms with van der Waals surface area (Å²) in [5, 5.41) is 0. The summed E-state index contributed by atoms with van der Waals surface area (Å²) in [6.07, 6.45) is 0. The number of benzene rings is 2. The van der Waals surface area contributed by atoms with Crippen LogP contribution in [-0.2, 0) is 10.0 Å². The zero-order valence-corrected chi connectivity index (χ0v) is 13.9. The first kappa shape index (κ1) is 17.4. The Morgan fingerprint density at radius 3 is 2.48 bits per heavy atom. The predicted molar refractivity (Wildman–Crippen MR) is 87.6 cm³/mol. The molecular formula is C17H20FNO3S. The second-order valence-corrected chi connectivity index (χ2v) is 7.19. The molecule has 0 amide bonds. The van der Waals surface area contributed by atoms with Crippen LogP contribution in [-0.4, -0.2) is 21.6 Å². The van der Waals surface area contributed by atoms with E-state index in [-0.39, 0.29) is 18.0 Å². The Hall–Kier alpha value is -1.92. The van der Waals surface area contributed by atoms with Crippen molar-refractivity contribution in [3.8, 4) is 5.75 Å². The number of rotatable bonds is 7.